The van der Waals surface area contributed by atoms with E-state index in [-0.39, 0.29) is 29.2 Å². The van der Waals surface area contributed by atoms with E-state index in [2.05, 4.69) is 4.98 Å². The summed E-state index contributed by atoms with van der Waals surface area (Å²) in [5, 5.41) is 9.13. The van der Waals surface area contributed by atoms with E-state index in [1.165, 1.54) is 18.3 Å². The molecule has 1 saturated heterocycles. The molecule has 1 amide bonds. The van der Waals surface area contributed by atoms with Crippen LogP contribution in [0.1, 0.15) is 54.0 Å². The highest BCUT2D eigenvalue weighted by molar-refractivity contribution is 6.03. The van der Waals surface area contributed by atoms with E-state index < -0.39 is 5.97 Å². The van der Waals surface area contributed by atoms with Crippen molar-refractivity contribution in [3.63, 3.8) is 0 Å². The summed E-state index contributed by atoms with van der Waals surface area (Å²) in [6, 6.07) is 3.20. The minimum Gasteiger partial charge on any atom is -0.478 e. The fraction of sp³-hybridized carbons (Fsp3) is 0.500. The summed E-state index contributed by atoms with van der Waals surface area (Å²) in [7, 11) is 0. The molecule has 19 heavy (non-hydrogen) atoms. The van der Waals surface area contributed by atoms with Gasteiger partial charge in [-0.25, -0.2) is 4.79 Å². The van der Waals surface area contributed by atoms with E-state index in [0.29, 0.717) is 0 Å². The molecule has 1 aromatic heterocycles. The molecule has 1 fully saturated rings. The van der Waals surface area contributed by atoms with Crippen molar-refractivity contribution < 1.29 is 14.7 Å². The third kappa shape index (κ3) is 2.59. The van der Waals surface area contributed by atoms with Gasteiger partial charge in [0, 0.05) is 18.3 Å². The number of likely N-dealkylation sites (tertiary alicyclic amines) is 1. The number of rotatable bonds is 2. The van der Waals surface area contributed by atoms with E-state index in [0.717, 1.165) is 19.3 Å². The quantitative estimate of drug-likeness (QED) is 0.886. The molecule has 5 heteroatoms. The van der Waals surface area contributed by atoms with Gasteiger partial charge in [-0.1, -0.05) is 0 Å². The first-order valence-corrected chi connectivity index (χ1v) is 6.53. The number of hydrogen-bond donors (Lipinski definition) is 1. The number of amides is 1. The normalized spacial score (nSPS) is 23.2. The van der Waals surface area contributed by atoms with Crippen molar-refractivity contribution in [1.82, 2.24) is 9.88 Å². The van der Waals surface area contributed by atoms with Gasteiger partial charge in [0.05, 0.1) is 5.56 Å². The van der Waals surface area contributed by atoms with E-state index in [9.17, 15) is 9.59 Å². The molecular weight excluding hydrogens is 244 g/mol. The predicted molar refractivity (Wildman–Crippen MR) is 70.1 cm³/mol. The first-order chi connectivity index (χ1) is 9.02. The van der Waals surface area contributed by atoms with Crippen LogP contribution in [-0.2, 0) is 0 Å². The standard InChI is InChI=1S/C14H18N2O3/c1-9-5-3-6-10(2)16(9)13(17)12-11(14(18)19)7-4-8-15-12/h4,7-10H,3,5-6H2,1-2H3,(H,18,19). The summed E-state index contributed by atoms with van der Waals surface area (Å²) in [4.78, 5) is 29.4. The summed E-state index contributed by atoms with van der Waals surface area (Å²) in [5.41, 5.74) is 0.00748. The van der Waals surface area contributed by atoms with Crippen LogP contribution in [0.25, 0.3) is 0 Å². The van der Waals surface area contributed by atoms with Gasteiger partial charge in [-0.05, 0) is 45.2 Å². The van der Waals surface area contributed by atoms with Gasteiger partial charge >= 0.3 is 5.97 Å². The van der Waals surface area contributed by atoms with Crippen LogP contribution in [-0.4, -0.2) is 39.0 Å². The van der Waals surface area contributed by atoms with Gasteiger partial charge in [-0.3, -0.25) is 9.78 Å². The predicted octanol–water partition coefficient (Wildman–Crippen LogP) is 2.18. The van der Waals surface area contributed by atoms with Gasteiger partial charge in [0.1, 0.15) is 5.69 Å². The van der Waals surface area contributed by atoms with E-state index in [1.807, 2.05) is 13.8 Å². The maximum absolute atomic E-state index is 12.5. The molecule has 0 aromatic carbocycles. The molecule has 2 unspecified atom stereocenters. The number of piperidine rings is 1. The Morgan fingerprint density at radius 1 is 1.32 bits per heavy atom. The second-order valence-corrected chi connectivity index (χ2v) is 5.05. The summed E-state index contributed by atoms with van der Waals surface area (Å²) in [5.74, 6) is -1.40. The lowest BCUT2D eigenvalue weighted by molar-refractivity contribution is 0.0494. The molecule has 1 aromatic rings. The zero-order valence-electron chi connectivity index (χ0n) is 11.2. The summed E-state index contributed by atoms with van der Waals surface area (Å²) in [6.45, 7) is 3.99. The fourth-order valence-electron chi connectivity index (χ4n) is 2.69. The maximum atomic E-state index is 12.5. The number of carbonyl (C=O) groups is 2. The van der Waals surface area contributed by atoms with E-state index in [1.54, 1.807) is 4.90 Å². The van der Waals surface area contributed by atoms with Crippen LogP contribution in [0.15, 0.2) is 18.3 Å². The minimum atomic E-state index is -1.12. The monoisotopic (exact) mass is 262 g/mol. The van der Waals surface area contributed by atoms with Gasteiger partial charge in [-0.2, -0.15) is 0 Å². The molecule has 2 atom stereocenters. The number of carboxylic acids is 1. The van der Waals surface area contributed by atoms with E-state index in [4.69, 9.17) is 5.11 Å². The van der Waals surface area contributed by atoms with Crippen LogP contribution in [0.2, 0.25) is 0 Å². The van der Waals surface area contributed by atoms with Crippen LogP contribution < -0.4 is 0 Å². The Kier molecular flexibility index (Phi) is 3.83. The third-order valence-electron chi connectivity index (χ3n) is 3.67. The zero-order chi connectivity index (χ0) is 14.0. The third-order valence-corrected chi connectivity index (χ3v) is 3.67. The van der Waals surface area contributed by atoms with Crippen LogP contribution >= 0.6 is 0 Å². The fourth-order valence-corrected chi connectivity index (χ4v) is 2.69. The van der Waals surface area contributed by atoms with Gasteiger partial charge in [0.2, 0.25) is 0 Å². The second-order valence-electron chi connectivity index (χ2n) is 5.05. The Bertz CT molecular complexity index is 491. The Hall–Kier alpha value is -1.91. The van der Waals surface area contributed by atoms with Crippen LogP contribution in [0.5, 0.6) is 0 Å². The number of carbonyl (C=O) groups excluding carboxylic acids is 1. The van der Waals surface area contributed by atoms with Gasteiger partial charge in [0.15, 0.2) is 0 Å². The summed E-state index contributed by atoms with van der Waals surface area (Å²) >= 11 is 0. The Labute approximate surface area is 112 Å². The van der Waals surface area contributed by atoms with Gasteiger partial charge < -0.3 is 10.0 Å². The molecule has 0 aliphatic carbocycles. The molecule has 0 saturated carbocycles. The summed E-state index contributed by atoms with van der Waals surface area (Å²) < 4.78 is 0. The lowest BCUT2D eigenvalue weighted by Crippen LogP contribution is -2.48. The Morgan fingerprint density at radius 2 is 1.95 bits per heavy atom. The van der Waals surface area contributed by atoms with Crippen molar-refractivity contribution in [3.8, 4) is 0 Å². The number of aromatic nitrogens is 1. The zero-order valence-corrected chi connectivity index (χ0v) is 11.2. The second kappa shape index (κ2) is 5.38. The minimum absolute atomic E-state index is 0.0301. The summed E-state index contributed by atoms with van der Waals surface area (Å²) in [6.07, 6.45) is 4.45. The van der Waals surface area contributed by atoms with Crippen LogP contribution in [0.4, 0.5) is 0 Å². The van der Waals surface area contributed by atoms with Crippen molar-refractivity contribution in [2.24, 2.45) is 0 Å². The largest absolute Gasteiger partial charge is 0.478 e. The number of pyridine rings is 1. The molecule has 0 radical (unpaired) electrons. The molecule has 2 rings (SSSR count). The highest BCUT2D eigenvalue weighted by atomic mass is 16.4. The molecular formula is C14H18N2O3. The first kappa shape index (κ1) is 13.5. The lowest BCUT2D eigenvalue weighted by atomic mass is 9.96. The van der Waals surface area contributed by atoms with Crippen molar-refractivity contribution >= 4 is 11.9 Å². The molecule has 102 valence electrons. The van der Waals surface area contributed by atoms with Crippen molar-refractivity contribution in [2.45, 2.75) is 45.2 Å². The van der Waals surface area contributed by atoms with Crippen LogP contribution in [0, 0.1) is 0 Å². The Balaban J connectivity index is 2.36. The number of aromatic carboxylic acids is 1. The average Bonchev–Trinajstić information content (AvgIpc) is 2.38. The smallest absolute Gasteiger partial charge is 0.338 e. The topological polar surface area (TPSA) is 70.5 Å². The molecule has 1 aliphatic rings. The number of carboxylic acid groups (broad SMARTS) is 1. The van der Waals surface area contributed by atoms with Crippen molar-refractivity contribution in [3.05, 3.63) is 29.6 Å². The van der Waals surface area contributed by atoms with E-state index >= 15 is 0 Å². The average molecular weight is 262 g/mol. The number of hydrogen-bond acceptors (Lipinski definition) is 3. The van der Waals surface area contributed by atoms with Crippen molar-refractivity contribution in [2.75, 3.05) is 0 Å². The molecule has 1 aliphatic heterocycles. The SMILES string of the molecule is CC1CCCC(C)N1C(=O)c1ncccc1C(=O)O. The molecule has 0 bridgehead atoms. The molecule has 0 spiro atoms. The highest BCUT2D eigenvalue weighted by Gasteiger charge is 2.32. The molecule has 1 N–H and O–H groups in total. The van der Waals surface area contributed by atoms with Crippen molar-refractivity contribution in [1.29, 1.82) is 0 Å². The maximum Gasteiger partial charge on any atom is 0.338 e. The van der Waals surface area contributed by atoms with Crippen LogP contribution in [0.3, 0.4) is 0 Å². The van der Waals surface area contributed by atoms with Gasteiger partial charge in [0.25, 0.3) is 5.91 Å². The Morgan fingerprint density at radius 3 is 2.53 bits per heavy atom. The molecule has 5 nitrogen and oxygen atoms in total. The lowest BCUT2D eigenvalue weighted by Gasteiger charge is -2.39. The highest BCUT2D eigenvalue weighted by Crippen LogP contribution is 2.24. The number of nitrogens with zero attached hydrogens (tertiary/aromatic N) is 2. The first-order valence-electron chi connectivity index (χ1n) is 6.53. The molecule has 2 heterocycles. The van der Waals surface area contributed by atoms with Gasteiger partial charge in [-0.15, -0.1) is 0 Å².